The maximum Gasteiger partial charge on any atom is 0.241 e. The topological polar surface area (TPSA) is 45.2 Å². The Morgan fingerprint density at radius 2 is 1.91 bits per heavy atom. The number of hydrogen-bond acceptors (Lipinski definition) is 4. The Morgan fingerprint density at radius 3 is 2.48 bits per heavy atom. The first-order valence-electron chi connectivity index (χ1n) is 7.08. The van der Waals surface area contributed by atoms with E-state index < -0.39 is 17.2 Å². The summed E-state index contributed by atoms with van der Waals surface area (Å²) < 4.78 is 27.5. The molecular weight excluding hydrogens is 320 g/mol. The van der Waals surface area contributed by atoms with Crippen LogP contribution in [-0.2, 0) is 11.3 Å². The van der Waals surface area contributed by atoms with Crippen LogP contribution in [0, 0.1) is 11.6 Å². The standard InChI is InChI=1S/C16H19F2N3OS/c1-16(2,15(22)21(3)4)19-8-13-20-12(9-23-13)14-10(17)6-5-7-11(14)18/h5-7,9,19H,8H2,1-4H3. The molecule has 0 bridgehead atoms. The van der Waals surface area contributed by atoms with Crippen LogP contribution in [0.25, 0.3) is 11.3 Å². The van der Waals surface area contributed by atoms with E-state index in [0.717, 1.165) is 0 Å². The van der Waals surface area contributed by atoms with Gasteiger partial charge in [0.15, 0.2) is 0 Å². The fourth-order valence-electron chi connectivity index (χ4n) is 2.18. The maximum absolute atomic E-state index is 13.8. The predicted octanol–water partition coefficient (Wildman–Crippen LogP) is 3.04. The van der Waals surface area contributed by atoms with Crippen LogP contribution in [-0.4, -0.2) is 35.4 Å². The summed E-state index contributed by atoms with van der Waals surface area (Å²) >= 11 is 1.29. The molecule has 2 rings (SSSR count). The zero-order valence-corrected chi connectivity index (χ0v) is 14.3. The van der Waals surface area contributed by atoms with Crippen molar-refractivity contribution in [2.24, 2.45) is 0 Å². The number of halogens is 2. The number of rotatable bonds is 5. The number of carbonyl (C=O) groups is 1. The number of benzene rings is 1. The predicted molar refractivity (Wildman–Crippen MR) is 87.1 cm³/mol. The Hall–Kier alpha value is -1.86. The third-order valence-electron chi connectivity index (χ3n) is 3.39. The number of hydrogen-bond donors (Lipinski definition) is 1. The van der Waals surface area contributed by atoms with E-state index in [9.17, 15) is 13.6 Å². The fraction of sp³-hybridized carbons (Fsp3) is 0.375. The highest BCUT2D eigenvalue weighted by molar-refractivity contribution is 7.09. The number of thiazole rings is 1. The lowest BCUT2D eigenvalue weighted by atomic mass is 10.0. The van der Waals surface area contributed by atoms with Crippen LogP contribution in [0.4, 0.5) is 8.78 Å². The number of amides is 1. The van der Waals surface area contributed by atoms with Crippen molar-refractivity contribution in [3.8, 4) is 11.3 Å². The molecule has 1 amide bonds. The van der Waals surface area contributed by atoms with Crippen molar-refractivity contribution in [3.05, 3.63) is 40.2 Å². The molecule has 0 radical (unpaired) electrons. The summed E-state index contributed by atoms with van der Waals surface area (Å²) in [6, 6.07) is 3.72. The zero-order valence-electron chi connectivity index (χ0n) is 13.5. The molecule has 0 fully saturated rings. The van der Waals surface area contributed by atoms with Gasteiger partial charge in [0, 0.05) is 26.0 Å². The normalized spacial score (nSPS) is 11.6. The van der Waals surface area contributed by atoms with Gasteiger partial charge in [0.25, 0.3) is 0 Å². The smallest absolute Gasteiger partial charge is 0.241 e. The fourth-order valence-corrected chi connectivity index (χ4v) is 2.91. The molecule has 0 saturated heterocycles. The van der Waals surface area contributed by atoms with Crippen molar-refractivity contribution in [3.63, 3.8) is 0 Å². The third kappa shape index (κ3) is 3.92. The Labute approximate surface area is 138 Å². The molecule has 23 heavy (non-hydrogen) atoms. The van der Waals surface area contributed by atoms with E-state index in [1.807, 2.05) is 0 Å². The molecule has 0 aliphatic carbocycles. The summed E-state index contributed by atoms with van der Waals surface area (Å²) in [6.07, 6.45) is 0. The van der Waals surface area contributed by atoms with Crippen LogP contribution in [0.1, 0.15) is 18.9 Å². The van der Waals surface area contributed by atoms with Crippen LogP contribution >= 0.6 is 11.3 Å². The van der Waals surface area contributed by atoms with Gasteiger partial charge >= 0.3 is 0 Å². The molecule has 0 aliphatic rings. The number of likely N-dealkylation sites (N-methyl/N-ethyl adjacent to an activating group) is 1. The highest BCUT2D eigenvalue weighted by atomic mass is 32.1. The second-order valence-electron chi connectivity index (χ2n) is 5.90. The summed E-state index contributed by atoms with van der Waals surface area (Å²) in [7, 11) is 3.38. The molecule has 1 aromatic carbocycles. The van der Waals surface area contributed by atoms with Gasteiger partial charge < -0.3 is 4.90 Å². The number of carbonyl (C=O) groups excluding carboxylic acids is 1. The van der Waals surface area contributed by atoms with Crippen LogP contribution in [0.5, 0.6) is 0 Å². The summed E-state index contributed by atoms with van der Waals surface area (Å²) in [5.74, 6) is -1.34. The highest BCUT2D eigenvalue weighted by Gasteiger charge is 2.28. The molecule has 2 aromatic rings. The average molecular weight is 339 g/mol. The quantitative estimate of drug-likeness (QED) is 0.911. The van der Waals surface area contributed by atoms with E-state index in [1.54, 1.807) is 33.3 Å². The van der Waals surface area contributed by atoms with Gasteiger partial charge in [-0.2, -0.15) is 0 Å². The first-order chi connectivity index (χ1) is 10.7. The number of aromatic nitrogens is 1. The van der Waals surface area contributed by atoms with Crippen molar-refractivity contribution in [2.75, 3.05) is 14.1 Å². The average Bonchev–Trinajstić information content (AvgIpc) is 2.93. The van der Waals surface area contributed by atoms with Gasteiger partial charge in [-0.05, 0) is 26.0 Å². The highest BCUT2D eigenvalue weighted by Crippen LogP contribution is 2.27. The Balaban J connectivity index is 2.13. The van der Waals surface area contributed by atoms with Gasteiger partial charge in [-0.1, -0.05) is 6.07 Å². The van der Waals surface area contributed by atoms with Crippen LogP contribution in [0.3, 0.4) is 0 Å². The summed E-state index contributed by atoms with van der Waals surface area (Å²) in [4.78, 5) is 17.8. The van der Waals surface area contributed by atoms with E-state index >= 15 is 0 Å². The minimum Gasteiger partial charge on any atom is -0.347 e. The van der Waals surface area contributed by atoms with Gasteiger partial charge in [-0.25, -0.2) is 13.8 Å². The molecule has 0 unspecified atom stereocenters. The molecule has 4 nitrogen and oxygen atoms in total. The number of nitrogens with zero attached hydrogens (tertiary/aromatic N) is 2. The van der Waals surface area contributed by atoms with E-state index in [2.05, 4.69) is 10.3 Å². The minimum atomic E-state index is -0.751. The molecule has 124 valence electrons. The lowest BCUT2D eigenvalue weighted by Crippen LogP contribution is -2.51. The van der Waals surface area contributed by atoms with Crippen molar-refractivity contribution >= 4 is 17.2 Å². The van der Waals surface area contributed by atoms with E-state index in [1.165, 1.54) is 34.4 Å². The van der Waals surface area contributed by atoms with Gasteiger partial charge in [0.2, 0.25) is 5.91 Å². The molecule has 0 atom stereocenters. The monoisotopic (exact) mass is 339 g/mol. The van der Waals surface area contributed by atoms with E-state index in [4.69, 9.17) is 0 Å². The minimum absolute atomic E-state index is 0.0607. The lowest BCUT2D eigenvalue weighted by Gasteiger charge is -2.27. The third-order valence-corrected chi connectivity index (χ3v) is 4.24. The first-order valence-corrected chi connectivity index (χ1v) is 7.96. The molecule has 1 heterocycles. The van der Waals surface area contributed by atoms with E-state index in [0.29, 0.717) is 11.6 Å². The Kier molecular flexibility index (Phi) is 5.11. The molecule has 0 aliphatic heterocycles. The number of nitrogens with one attached hydrogen (secondary N) is 1. The van der Waals surface area contributed by atoms with E-state index in [-0.39, 0.29) is 17.2 Å². The Bertz CT molecular complexity index is 693. The van der Waals surface area contributed by atoms with Crippen molar-refractivity contribution in [1.29, 1.82) is 0 Å². The SMILES string of the molecule is CN(C)C(=O)C(C)(C)NCc1nc(-c2c(F)cccc2F)cs1. The molecule has 1 N–H and O–H groups in total. The molecule has 0 spiro atoms. The summed E-state index contributed by atoms with van der Waals surface area (Å²) in [5, 5.41) is 5.38. The lowest BCUT2D eigenvalue weighted by molar-refractivity contribution is -0.134. The molecule has 7 heteroatoms. The molecule has 1 aromatic heterocycles. The summed E-state index contributed by atoms with van der Waals surface area (Å²) in [6.45, 7) is 3.90. The second kappa shape index (κ2) is 6.72. The van der Waals surface area contributed by atoms with Crippen molar-refractivity contribution < 1.29 is 13.6 Å². The largest absolute Gasteiger partial charge is 0.347 e. The van der Waals surface area contributed by atoms with Gasteiger partial charge in [0.1, 0.15) is 16.6 Å². The van der Waals surface area contributed by atoms with Crippen molar-refractivity contribution in [1.82, 2.24) is 15.2 Å². The van der Waals surface area contributed by atoms with Crippen LogP contribution < -0.4 is 5.32 Å². The van der Waals surface area contributed by atoms with Crippen molar-refractivity contribution in [2.45, 2.75) is 25.9 Å². The van der Waals surface area contributed by atoms with Crippen LogP contribution in [0.2, 0.25) is 0 Å². The van der Waals surface area contributed by atoms with Gasteiger partial charge in [0.05, 0.1) is 16.8 Å². The Morgan fingerprint density at radius 1 is 1.30 bits per heavy atom. The first kappa shape index (κ1) is 17.5. The zero-order chi connectivity index (χ0) is 17.2. The maximum atomic E-state index is 13.8. The summed E-state index contributed by atoms with van der Waals surface area (Å²) in [5.41, 5.74) is -0.615. The van der Waals surface area contributed by atoms with Gasteiger partial charge in [-0.3, -0.25) is 10.1 Å². The van der Waals surface area contributed by atoms with Crippen LogP contribution in [0.15, 0.2) is 23.6 Å². The second-order valence-corrected chi connectivity index (χ2v) is 6.84. The van der Waals surface area contributed by atoms with Gasteiger partial charge in [-0.15, -0.1) is 11.3 Å². The molecular formula is C16H19F2N3OS. The molecule has 0 saturated carbocycles.